The lowest BCUT2D eigenvalue weighted by Gasteiger charge is -2.22. The predicted molar refractivity (Wildman–Crippen MR) is 84.3 cm³/mol. The minimum absolute atomic E-state index is 0.440. The molecular weight excluding hydrogens is 291 g/mol. The van der Waals surface area contributed by atoms with Gasteiger partial charge >= 0.3 is 0 Å². The molecular formula is C16H14Cl2N2. The molecule has 2 nitrogen and oxygen atoms in total. The fraction of sp³-hybridized carbons (Fsp3) is 0.188. The van der Waals surface area contributed by atoms with Crippen molar-refractivity contribution in [1.82, 2.24) is 0 Å². The van der Waals surface area contributed by atoms with Crippen LogP contribution in [-0.2, 0) is 12.4 Å². The van der Waals surface area contributed by atoms with Crippen LogP contribution in [0.1, 0.15) is 16.7 Å². The third kappa shape index (κ3) is 3.45. The maximum absolute atomic E-state index is 8.93. The molecule has 0 heterocycles. The summed E-state index contributed by atoms with van der Waals surface area (Å²) in [7, 11) is 1.99. The molecule has 4 heteroatoms. The number of nitrogens with zero attached hydrogens (tertiary/aromatic N) is 2. The zero-order valence-corrected chi connectivity index (χ0v) is 12.6. The summed E-state index contributed by atoms with van der Waals surface area (Å²) in [5, 5.41) is 9.62. The van der Waals surface area contributed by atoms with Gasteiger partial charge in [-0.3, -0.25) is 0 Å². The molecule has 2 aromatic rings. The van der Waals surface area contributed by atoms with Crippen molar-refractivity contribution < 1.29 is 0 Å². The van der Waals surface area contributed by atoms with E-state index in [-0.39, 0.29) is 0 Å². The summed E-state index contributed by atoms with van der Waals surface area (Å²) in [6.45, 7) is 0.694. The van der Waals surface area contributed by atoms with Crippen molar-refractivity contribution in [3.8, 4) is 6.07 Å². The minimum Gasteiger partial charge on any atom is -0.370 e. The van der Waals surface area contributed by atoms with Crippen LogP contribution in [0.25, 0.3) is 0 Å². The average molecular weight is 305 g/mol. The summed E-state index contributed by atoms with van der Waals surface area (Å²) >= 11 is 12.0. The van der Waals surface area contributed by atoms with Gasteiger partial charge in [-0.25, -0.2) is 0 Å². The van der Waals surface area contributed by atoms with E-state index in [2.05, 4.69) is 11.0 Å². The first kappa shape index (κ1) is 14.7. The molecule has 0 atom stereocenters. The summed E-state index contributed by atoms with van der Waals surface area (Å²) in [5.74, 6) is 0.440. The van der Waals surface area contributed by atoms with Crippen molar-refractivity contribution in [2.75, 3.05) is 11.9 Å². The normalized spacial score (nSPS) is 10.1. The number of benzene rings is 2. The van der Waals surface area contributed by atoms with Crippen LogP contribution in [-0.4, -0.2) is 7.05 Å². The highest BCUT2D eigenvalue weighted by atomic mass is 35.5. The van der Waals surface area contributed by atoms with Gasteiger partial charge in [-0.05, 0) is 35.4 Å². The first-order valence-electron chi connectivity index (χ1n) is 6.18. The highest BCUT2D eigenvalue weighted by Crippen LogP contribution is 2.26. The molecule has 0 aliphatic rings. The lowest BCUT2D eigenvalue weighted by atomic mass is 10.1. The molecule has 0 N–H and O–H groups in total. The molecule has 0 saturated carbocycles. The van der Waals surface area contributed by atoms with Gasteiger partial charge in [0, 0.05) is 30.2 Å². The topological polar surface area (TPSA) is 27.0 Å². The minimum atomic E-state index is 0.440. The van der Waals surface area contributed by atoms with E-state index in [1.165, 1.54) is 0 Å². The molecule has 0 aliphatic heterocycles. The molecule has 0 aromatic heterocycles. The summed E-state index contributed by atoms with van der Waals surface area (Å²) in [4.78, 5) is 2.08. The Bertz CT molecular complexity index is 647. The van der Waals surface area contributed by atoms with Gasteiger partial charge in [0.1, 0.15) is 0 Å². The number of alkyl halides is 1. The Morgan fingerprint density at radius 3 is 2.70 bits per heavy atom. The van der Waals surface area contributed by atoms with Gasteiger partial charge in [0.15, 0.2) is 0 Å². The Balaban J connectivity index is 2.25. The van der Waals surface area contributed by atoms with Crippen LogP contribution >= 0.6 is 23.2 Å². The molecule has 0 amide bonds. The van der Waals surface area contributed by atoms with Crippen molar-refractivity contribution in [2.24, 2.45) is 0 Å². The van der Waals surface area contributed by atoms with E-state index in [4.69, 9.17) is 28.5 Å². The number of anilines is 1. The second-order valence-electron chi connectivity index (χ2n) is 4.57. The summed E-state index contributed by atoms with van der Waals surface area (Å²) in [5.41, 5.74) is 3.79. The highest BCUT2D eigenvalue weighted by molar-refractivity contribution is 6.31. The van der Waals surface area contributed by atoms with E-state index in [9.17, 15) is 0 Å². The predicted octanol–water partition coefficient (Wildman–Crippen LogP) is 4.59. The van der Waals surface area contributed by atoms with Crippen LogP contribution in [0.4, 0.5) is 5.69 Å². The van der Waals surface area contributed by atoms with Crippen molar-refractivity contribution in [2.45, 2.75) is 12.4 Å². The molecule has 0 fully saturated rings. The monoisotopic (exact) mass is 304 g/mol. The summed E-state index contributed by atoms with van der Waals surface area (Å²) in [6.07, 6.45) is 0. The number of rotatable bonds is 4. The molecule has 0 saturated heterocycles. The maximum Gasteiger partial charge on any atom is 0.0991 e. The Kier molecular flexibility index (Phi) is 4.89. The van der Waals surface area contributed by atoms with E-state index in [0.717, 1.165) is 16.8 Å². The Hall–Kier alpha value is -1.69. The van der Waals surface area contributed by atoms with Crippen molar-refractivity contribution >= 4 is 28.9 Å². The van der Waals surface area contributed by atoms with E-state index in [1.54, 1.807) is 6.07 Å². The van der Waals surface area contributed by atoms with Crippen LogP contribution in [0.2, 0.25) is 5.02 Å². The fourth-order valence-electron chi connectivity index (χ4n) is 2.10. The van der Waals surface area contributed by atoms with Crippen LogP contribution in [0.5, 0.6) is 0 Å². The molecule has 2 rings (SSSR count). The van der Waals surface area contributed by atoms with Gasteiger partial charge in [-0.15, -0.1) is 11.6 Å². The molecule has 0 spiro atoms. The van der Waals surface area contributed by atoms with Crippen LogP contribution in [0, 0.1) is 11.3 Å². The van der Waals surface area contributed by atoms with Gasteiger partial charge < -0.3 is 4.90 Å². The smallest absolute Gasteiger partial charge is 0.0991 e. The first-order valence-corrected chi connectivity index (χ1v) is 7.10. The van der Waals surface area contributed by atoms with E-state index in [1.807, 2.05) is 43.4 Å². The third-order valence-electron chi connectivity index (χ3n) is 3.08. The van der Waals surface area contributed by atoms with Gasteiger partial charge in [0.2, 0.25) is 0 Å². The lowest BCUT2D eigenvalue weighted by Crippen LogP contribution is -2.17. The Labute approximate surface area is 129 Å². The molecule has 0 unspecified atom stereocenters. The highest BCUT2D eigenvalue weighted by Gasteiger charge is 2.09. The second-order valence-corrected chi connectivity index (χ2v) is 5.28. The average Bonchev–Trinajstić information content (AvgIpc) is 2.47. The molecule has 0 bridgehead atoms. The van der Waals surface area contributed by atoms with E-state index < -0.39 is 0 Å². The first-order chi connectivity index (χ1) is 9.63. The number of halogens is 2. The second kappa shape index (κ2) is 6.65. The summed E-state index contributed by atoms with van der Waals surface area (Å²) in [6, 6.07) is 15.4. The van der Waals surface area contributed by atoms with Crippen molar-refractivity contribution in [3.05, 3.63) is 64.2 Å². The van der Waals surface area contributed by atoms with E-state index >= 15 is 0 Å². The molecule has 0 radical (unpaired) electrons. The largest absolute Gasteiger partial charge is 0.370 e. The SMILES string of the molecule is CN(Cc1cccc(C#N)c1)c1cc(Cl)ccc1CCl. The summed E-state index contributed by atoms with van der Waals surface area (Å²) < 4.78 is 0. The standard InChI is InChI=1S/C16H14Cl2N2/c1-20(11-13-4-2-3-12(7-13)10-19)16-8-15(18)6-5-14(16)9-17/h2-8H,9,11H2,1H3. The van der Waals surface area contributed by atoms with Crippen LogP contribution < -0.4 is 4.90 Å². The van der Waals surface area contributed by atoms with Gasteiger partial charge in [0.25, 0.3) is 0 Å². The molecule has 0 aliphatic carbocycles. The van der Waals surface area contributed by atoms with Crippen molar-refractivity contribution in [1.29, 1.82) is 5.26 Å². The van der Waals surface area contributed by atoms with Crippen LogP contribution in [0.3, 0.4) is 0 Å². The fourth-order valence-corrected chi connectivity index (χ4v) is 2.50. The lowest BCUT2D eigenvalue weighted by molar-refractivity contribution is 0.915. The number of nitriles is 1. The van der Waals surface area contributed by atoms with Gasteiger partial charge in [-0.2, -0.15) is 5.26 Å². The van der Waals surface area contributed by atoms with Crippen LogP contribution in [0.15, 0.2) is 42.5 Å². The number of hydrogen-bond acceptors (Lipinski definition) is 2. The van der Waals surface area contributed by atoms with Crippen molar-refractivity contribution in [3.63, 3.8) is 0 Å². The maximum atomic E-state index is 8.93. The number of hydrogen-bond donors (Lipinski definition) is 0. The molecule has 20 heavy (non-hydrogen) atoms. The third-order valence-corrected chi connectivity index (χ3v) is 3.60. The zero-order chi connectivity index (χ0) is 14.5. The van der Waals surface area contributed by atoms with Gasteiger partial charge in [0.05, 0.1) is 11.6 Å². The quantitative estimate of drug-likeness (QED) is 0.773. The van der Waals surface area contributed by atoms with E-state index in [0.29, 0.717) is 23.0 Å². The Morgan fingerprint density at radius 2 is 2.00 bits per heavy atom. The van der Waals surface area contributed by atoms with Gasteiger partial charge in [-0.1, -0.05) is 29.8 Å². The molecule has 2 aromatic carbocycles. The zero-order valence-electron chi connectivity index (χ0n) is 11.1. The molecule has 102 valence electrons. The Morgan fingerprint density at radius 1 is 1.20 bits per heavy atom.